The van der Waals surface area contributed by atoms with Gasteiger partial charge in [-0.15, -0.1) is 0 Å². The van der Waals surface area contributed by atoms with E-state index in [9.17, 15) is 0 Å². The second-order valence-electron chi connectivity index (χ2n) is 3.62. The van der Waals surface area contributed by atoms with Crippen LogP contribution in [0.4, 0.5) is 0 Å². The van der Waals surface area contributed by atoms with E-state index < -0.39 is 0 Å². The molecule has 0 heterocycles. The highest BCUT2D eigenvalue weighted by Crippen LogP contribution is 2.20. The SMILES string of the molecule is CCOC(C/C=C/C(CC)=C(\I)CC)OCC. The van der Waals surface area contributed by atoms with Crippen molar-refractivity contribution in [2.75, 3.05) is 13.2 Å². The molecule has 0 aliphatic carbocycles. The van der Waals surface area contributed by atoms with Crippen LogP contribution in [-0.2, 0) is 9.47 Å². The first kappa shape index (κ1) is 17.1. The summed E-state index contributed by atoms with van der Waals surface area (Å²) in [5.74, 6) is 0. The molecule has 0 aromatic carbocycles. The van der Waals surface area contributed by atoms with Crippen molar-refractivity contribution in [2.45, 2.75) is 53.2 Å². The summed E-state index contributed by atoms with van der Waals surface area (Å²) < 4.78 is 12.4. The Balaban J connectivity index is 4.30. The van der Waals surface area contributed by atoms with Crippen LogP contribution < -0.4 is 0 Å². The van der Waals surface area contributed by atoms with Crippen LogP contribution in [-0.4, -0.2) is 19.5 Å². The smallest absolute Gasteiger partial charge is 0.160 e. The quantitative estimate of drug-likeness (QED) is 0.336. The van der Waals surface area contributed by atoms with Gasteiger partial charge in [-0.25, -0.2) is 0 Å². The van der Waals surface area contributed by atoms with Crippen molar-refractivity contribution in [2.24, 2.45) is 0 Å². The largest absolute Gasteiger partial charge is 0.353 e. The first-order valence-corrected chi connectivity index (χ1v) is 7.54. The molecule has 0 atom stereocenters. The fourth-order valence-electron chi connectivity index (χ4n) is 1.50. The van der Waals surface area contributed by atoms with E-state index in [1.165, 1.54) is 9.15 Å². The molecular weight excluding hydrogens is 327 g/mol. The third-order valence-corrected chi connectivity index (χ3v) is 3.85. The second-order valence-corrected chi connectivity index (χ2v) is 4.92. The number of hydrogen-bond acceptors (Lipinski definition) is 2. The molecule has 17 heavy (non-hydrogen) atoms. The molecule has 0 radical (unpaired) electrons. The van der Waals surface area contributed by atoms with Crippen LogP contribution in [0.3, 0.4) is 0 Å². The third kappa shape index (κ3) is 7.95. The van der Waals surface area contributed by atoms with Gasteiger partial charge in [0.2, 0.25) is 0 Å². The highest BCUT2D eigenvalue weighted by atomic mass is 127. The van der Waals surface area contributed by atoms with Gasteiger partial charge in [0.25, 0.3) is 0 Å². The zero-order chi connectivity index (χ0) is 13.1. The Labute approximate surface area is 120 Å². The van der Waals surface area contributed by atoms with Crippen molar-refractivity contribution >= 4 is 22.6 Å². The fraction of sp³-hybridized carbons (Fsp3) is 0.714. The van der Waals surface area contributed by atoms with Crippen LogP contribution in [0.15, 0.2) is 21.3 Å². The summed E-state index contributed by atoms with van der Waals surface area (Å²) in [4.78, 5) is 0. The van der Waals surface area contributed by atoms with E-state index in [1.807, 2.05) is 13.8 Å². The fourth-order valence-corrected chi connectivity index (χ4v) is 2.07. The minimum absolute atomic E-state index is 0.0985. The lowest BCUT2D eigenvalue weighted by molar-refractivity contribution is -0.133. The molecule has 0 saturated heterocycles. The molecule has 0 aliphatic heterocycles. The van der Waals surface area contributed by atoms with Gasteiger partial charge in [0.1, 0.15) is 0 Å². The summed E-state index contributed by atoms with van der Waals surface area (Å²) in [5.41, 5.74) is 1.42. The zero-order valence-electron chi connectivity index (χ0n) is 11.5. The van der Waals surface area contributed by atoms with E-state index in [0.717, 1.165) is 19.3 Å². The first-order chi connectivity index (χ1) is 8.19. The van der Waals surface area contributed by atoms with Crippen molar-refractivity contribution in [3.63, 3.8) is 0 Å². The average molecular weight is 352 g/mol. The molecule has 0 bridgehead atoms. The summed E-state index contributed by atoms with van der Waals surface area (Å²) in [5, 5.41) is 0. The highest BCUT2D eigenvalue weighted by Gasteiger charge is 2.04. The predicted molar refractivity (Wildman–Crippen MR) is 82.4 cm³/mol. The van der Waals surface area contributed by atoms with Crippen molar-refractivity contribution in [1.82, 2.24) is 0 Å². The van der Waals surface area contributed by atoms with Gasteiger partial charge >= 0.3 is 0 Å². The number of ether oxygens (including phenoxy) is 2. The lowest BCUT2D eigenvalue weighted by Gasteiger charge is -2.14. The van der Waals surface area contributed by atoms with E-state index in [0.29, 0.717) is 13.2 Å². The Hall–Kier alpha value is 0.130. The Kier molecular flexibility index (Phi) is 11.3. The molecule has 0 unspecified atom stereocenters. The maximum Gasteiger partial charge on any atom is 0.160 e. The monoisotopic (exact) mass is 352 g/mol. The molecule has 0 amide bonds. The Morgan fingerprint density at radius 2 is 1.65 bits per heavy atom. The molecule has 0 saturated carbocycles. The van der Waals surface area contributed by atoms with Crippen LogP contribution >= 0.6 is 22.6 Å². The van der Waals surface area contributed by atoms with Crippen LogP contribution in [0.25, 0.3) is 0 Å². The van der Waals surface area contributed by atoms with E-state index in [-0.39, 0.29) is 6.29 Å². The molecule has 0 aromatic heterocycles. The van der Waals surface area contributed by atoms with Gasteiger partial charge in [-0.3, -0.25) is 0 Å². The van der Waals surface area contributed by atoms with Gasteiger partial charge in [0, 0.05) is 19.6 Å². The van der Waals surface area contributed by atoms with E-state index in [1.54, 1.807) is 0 Å². The molecule has 0 N–H and O–H groups in total. The molecule has 3 heteroatoms. The Morgan fingerprint density at radius 1 is 1.06 bits per heavy atom. The summed E-state index contributed by atoms with van der Waals surface area (Å²) in [7, 11) is 0. The van der Waals surface area contributed by atoms with Gasteiger partial charge in [0.15, 0.2) is 6.29 Å². The molecule has 0 fully saturated rings. The van der Waals surface area contributed by atoms with Crippen LogP contribution in [0.5, 0.6) is 0 Å². The third-order valence-electron chi connectivity index (χ3n) is 2.39. The summed E-state index contributed by atoms with van der Waals surface area (Å²) in [6.45, 7) is 9.76. The van der Waals surface area contributed by atoms with E-state index in [2.05, 4.69) is 48.6 Å². The standard InChI is InChI=1S/C14H25IO2/c1-5-12(13(15)6-2)10-9-11-14(16-7-3)17-8-4/h9-10,14H,5-8,11H2,1-4H3/b10-9+,13-12-. The Bertz CT molecular complexity index is 241. The lowest BCUT2D eigenvalue weighted by atomic mass is 10.1. The summed E-state index contributed by atoms with van der Waals surface area (Å²) in [6.07, 6.45) is 7.27. The predicted octanol–water partition coefficient (Wildman–Crippen LogP) is 4.84. The molecule has 0 rings (SSSR count). The molecular formula is C14H25IO2. The summed E-state index contributed by atoms with van der Waals surface area (Å²) >= 11 is 2.42. The van der Waals surface area contributed by atoms with Gasteiger partial charge in [-0.2, -0.15) is 0 Å². The summed E-state index contributed by atoms with van der Waals surface area (Å²) in [6, 6.07) is 0. The maximum atomic E-state index is 5.49. The van der Waals surface area contributed by atoms with Crippen LogP contribution in [0.2, 0.25) is 0 Å². The first-order valence-electron chi connectivity index (χ1n) is 6.46. The van der Waals surface area contributed by atoms with Crippen LogP contribution in [0, 0.1) is 0 Å². The number of hydrogen-bond donors (Lipinski definition) is 0. The van der Waals surface area contributed by atoms with Gasteiger partial charge in [0.05, 0.1) is 0 Å². The van der Waals surface area contributed by atoms with Crippen molar-refractivity contribution in [3.8, 4) is 0 Å². The topological polar surface area (TPSA) is 18.5 Å². The second kappa shape index (κ2) is 11.2. The zero-order valence-corrected chi connectivity index (χ0v) is 13.6. The van der Waals surface area contributed by atoms with E-state index in [4.69, 9.17) is 9.47 Å². The number of halogens is 1. The number of allylic oxidation sites excluding steroid dienone is 3. The maximum absolute atomic E-state index is 5.49. The lowest BCUT2D eigenvalue weighted by Crippen LogP contribution is -2.16. The molecule has 0 aliphatic rings. The van der Waals surface area contributed by atoms with Gasteiger partial charge < -0.3 is 9.47 Å². The normalized spacial score (nSPS) is 13.5. The van der Waals surface area contributed by atoms with Gasteiger partial charge in [-0.05, 0) is 58.4 Å². The van der Waals surface area contributed by atoms with Crippen LogP contribution in [0.1, 0.15) is 47.0 Å². The van der Waals surface area contributed by atoms with E-state index >= 15 is 0 Å². The average Bonchev–Trinajstić information content (AvgIpc) is 2.34. The van der Waals surface area contributed by atoms with Gasteiger partial charge in [-0.1, -0.05) is 26.0 Å². The minimum atomic E-state index is -0.0985. The molecule has 2 nitrogen and oxygen atoms in total. The minimum Gasteiger partial charge on any atom is -0.353 e. The van der Waals surface area contributed by atoms with Crippen molar-refractivity contribution < 1.29 is 9.47 Å². The highest BCUT2D eigenvalue weighted by molar-refractivity contribution is 14.1. The molecule has 0 aromatic rings. The molecule has 0 spiro atoms. The number of rotatable bonds is 9. The molecule has 100 valence electrons. The van der Waals surface area contributed by atoms with Crippen molar-refractivity contribution in [1.29, 1.82) is 0 Å². The Morgan fingerprint density at radius 3 is 2.06 bits per heavy atom. The van der Waals surface area contributed by atoms with Crippen molar-refractivity contribution in [3.05, 3.63) is 21.3 Å².